The Labute approximate surface area is 142 Å². The lowest BCUT2D eigenvalue weighted by Crippen LogP contribution is -2.37. The molecule has 0 aliphatic carbocycles. The number of ether oxygens (including phenoxy) is 1. The van der Waals surface area contributed by atoms with Gasteiger partial charge in [0.15, 0.2) is 0 Å². The van der Waals surface area contributed by atoms with E-state index in [1.54, 1.807) is 6.33 Å². The molecule has 0 spiro atoms. The molecule has 24 heavy (non-hydrogen) atoms. The van der Waals surface area contributed by atoms with E-state index < -0.39 is 0 Å². The number of aromatic nitrogens is 2. The second kappa shape index (κ2) is 7.05. The molecule has 2 fully saturated rings. The van der Waals surface area contributed by atoms with Crippen LogP contribution in [0.5, 0.6) is 0 Å². The molecular formula is C18H23N5O. The number of nitrogens with one attached hydrogen (secondary N) is 1. The zero-order valence-corrected chi connectivity index (χ0v) is 13.8. The molecule has 1 aromatic heterocycles. The van der Waals surface area contributed by atoms with Crippen molar-refractivity contribution in [1.29, 1.82) is 0 Å². The van der Waals surface area contributed by atoms with Crippen LogP contribution in [0.4, 0.5) is 17.3 Å². The van der Waals surface area contributed by atoms with Crippen molar-refractivity contribution in [1.82, 2.24) is 9.97 Å². The average molecular weight is 325 g/mol. The molecule has 2 aliphatic heterocycles. The first-order valence-corrected chi connectivity index (χ1v) is 8.60. The molecule has 2 saturated heterocycles. The van der Waals surface area contributed by atoms with Crippen molar-refractivity contribution in [3.63, 3.8) is 0 Å². The van der Waals surface area contributed by atoms with Crippen LogP contribution in [0, 0.1) is 0 Å². The Kier molecular flexibility index (Phi) is 4.46. The van der Waals surface area contributed by atoms with E-state index >= 15 is 0 Å². The maximum Gasteiger partial charge on any atom is 0.134 e. The van der Waals surface area contributed by atoms with Crippen LogP contribution in [0.2, 0.25) is 0 Å². The Bertz CT molecular complexity index is 659. The van der Waals surface area contributed by atoms with E-state index in [1.165, 1.54) is 5.69 Å². The Morgan fingerprint density at radius 1 is 0.958 bits per heavy atom. The van der Waals surface area contributed by atoms with Crippen molar-refractivity contribution < 1.29 is 4.74 Å². The molecule has 126 valence electrons. The van der Waals surface area contributed by atoms with Gasteiger partial charge in [-0.3, -0.25) is 0 Å². The maximum absolute atomic E-state index is 5.42. The van der Waals surface area contributed by atoms with Crippen LogP contribution in [-0.2, 0) is 4.74 Å². The number of anilines is 3. The van der Waals surface area contributed by atoms with Crippen molar-refractivity contribution in [2.75, 3.05) is 54.5 Å². The van der Waals surface area contributed by atoms with E-state index in [4.69, 9.17) is 4.74 Å². The minimum Gasteiger partial charge on any atom is -0.380 e. The highest BCUT2D eigenvalue weighted by molar-refractivity contribution is 5.52. The summed E-state index contributed by atoms with van der Waals surface area (Å²) in [6.07, 6.45) is 2.80. The van der Waals surface area contributed by atoms with Crippen LogP contribution in [0.1, 0.15) is 6.42 Å². The molecule has 0 amide bonds. The molecule has 1 atom stereocenters. The average Bonchev–Trinajstić information content (AvgIpc) is 3.12. The van der Waals surface area contributed by atoms with Crippen LogP contribution in [-0.4, -0.2) is 55.4 Å². The van der Waals surface area contributed by atoms with E-state index in [0.29, 0.717) is 6.04 Å². The number of hydrogen-bond donors (Lipinski definition) is 1. The quantitative estimate of drug-likeness (QED) is 0.928. The van der Waals surface area contributed by atoms with Crippen molar-refractivity contribution in [3.8, 4) is 0 Å². The summed E-state index contributed by atoms with van der Waals surface area (Å²) < 4.78 is 5.42. The summed E-state index contributed by atoms with van der Waals surface area (Å²) in [5.41, 5.74) is 1.18. The highest BCUT2D eigenvalue weighted by Gasteiger charge is 2.24. The van der Waals surface area contributed by atoms with Gasteiger partial charge in [-0.25, -0.2) is 9.97 Å². The van der Waals surface area contributed by atoms with E-state index in [9.17, 15) is 0 Å². The predicted octanol–water partition coefficient (Wildman–Crippen LogP) is 2.00. The van der Waals surface area contributed by atoms with Crippen LogP contribution < -0.4 is 15.1 Å². The minimum atomic E-state index is 0.453. The summed E-state index contributed by atoms with van der Waals surface area (Å²) in [5, 5.41) is 3.61. The maximum atomic E-state index is 5.42. The second-order valence-electron chi connectivity index (χ2n) is 6.28. The highest BCUT2D eigenvalue weighted by Crippen LogP contribution is 2.23. The van der Waals surface area contributed by atoms with Gasteiger partial charge in [-0.2, -0.15) is 0 Å². The van der Waals surface area contributed by atoms with Crippen molar-refractivity contribution >= 4 is 17.3 Å². The first-order chi connectivity index (χ1) is 11.9. The molecule has 1 unspecified atom stereocenters. The molecule has 6 nitrogen and oxygen atoms in total. The van der Waals surface area contributed by atoms with Gasteiger partial charge in [0, 0.05) is 44.0 Å². The van der Waals surface area contributed by atoms with Gasteiger partial charge in [0.1, 0.15) is 18.0 Å². The van der Waals surface area contributed by atoms with Crippen LogP contribution in [0.3, 0.4) is 0 Å². The molecule has 0 radical (unpaired) electrons. The number of benzene rings is 1. The topological polar surface area (TPSA) is 53.5 Å². The van der Waals surface area contributed by atoms with Gasteiger partial charge in [0.05, 0.1) is 13.2 Å². The van der Waals surface area contributed by atoms with E-state index in [2.05, 4.69) is 55.4 Å². The fraction of sp³-hybridized carbons (Fsp3) is 0.444. The smallest absolute Gasteiger partial charge is 0.134 e. The summed E-state index contributed by atoms with van der Waals surface area (Å²) >= 11 is 0. The Hall–Kier alpha value is -2.34. The summed E-state index contributed by atoms with van der Waals surface area (Å²) in [6.45, 7) is 5.32. The molecule has 2 aliphatic rings. The predicted molar refractivity (Wildman–Crippen MR) is 95.7 cm³/mol. The van der Waals surface area contributed by atoms with Gasteiger partial charge in [-0.1, -0.05) is 18.2 Å². The Balaban J connectivity index is 1.41. The molecule has 3 heterocycles. The van der Waals surface area contributed by atoms with Gasteiger partial charge in [-0.15, -0.1) is 0 Å². The van der Waals surface area contributed by atoms with Gasteiger partial charge < -0.3 is 19.9 Å². The third kappa shape index (κ3) is 3.43. The van der Waals surface area contributed by atoms with Crippen molar-refractivity contribution in [2.24, 2.45) is 0 Å². The molecule has 2 aromatic rings. The SMILES string of the molecule is c1ccc(NC2CCN(c3cc(N4CCOCC4)ncn3)C2)cc1. The van der Waals surface area contributed by atoms with E-state index in [0.717, 1.165) is 57.4 Å². The van der Waals surface area contributed by atoms with Gasteiger partial charge in [-0.05, 0) is 18.6 Å². The highest BCUT2D eigenvalue weighted by atomic mass is 16.5. The monoisotopic (exact) mass is 325 g/mol. The summed E-state index contributed by atoms with van der Waals surface area (Å²) in [5.74, 6) is 2.02. The molecule has 6 heteroatoms. The lowest BCUT2D eigenvalue weighted by molar-refractivity contribution is 0.122. The minimum absolute atomic E-state index is 0.453. The number of morpholine rings is 1. The lowest BCUT2D eigenvalue weighted by atomic mass is 10.2. The number of hydrogen-bond acceptors (Lipinski definition) is 6. The zero-order valence-electron chi connectivity index (χ0n) is 13.8. The third-order valence-electron chi connectivity index (χ3n) is 4.63. The standard InChI is InChI=1S/C18H23N5O/c1-2-4-15(5-3-1)21-16-6-7-23(13-16)18-12-17(19-14-20-18)22-8-10-24-11-9-22/h1-5,12,14,16,21H,6-11,13H2. The van der Waals surface area contributed by atoms with Crippen molar-refractivity contribution in [3.05, 3.63) is 42.7 Å². The van der Waals surface area contributed by atoms with Crippen LogP contribution >= 0.6 is 0 Å². The first kappa shape index (κ1) is 15.2. The molecule has 0 saturated carbocycles. The van der Waals surface area contributed by atoms with Crippen LogP contribution in [0.15, 0.2) is 42.7 Å². The summed E-state index contributed by atoms with van der Waals surface area (Å²) in [7, 11) is 0. The first-order valence-electron chi connectivity index (χ1n) is 8.60. The summed E-state index contributed by atoms with van der Waals surface area (Å²) in [6, 6.07) is 13.0. The molecule has 1 aromatic carbocycles. The number of nitrogens with zero attached hydrogens (tertiary/aromatic N) is 4. The van der Waals surface area contributed by atoms with E-state index in [-0.39, 0.29) is 0 Å². The molecule has 0 bridgehead atoms. The van der Waals surface area contributed by atoms with E-state index in [1.807, 2.05) is 6.07 Å². The second-order valence-corrected chi connectivity index (χ2v) is 6.28. The molecular weight excluding hydrogens is 302 g/mol. The fourth-order valence-corrected chi connectivity index (χ4v) is 3.33. The van der Waals surface area contributed by atoms with Crippen LogP contribution in [0.25, 0.3) is 0 Å². The largest absolute Gasteiger partial charge is 0.380 e. The normalized spacial score (nSPS) is 21.1. The van der Waals surface area contributed by atoms with Gasteiger partial charge in [0.2, 0.25) is 0 Å². The Morgan fingerprint density at radius 3 is 2.50 bits per heavy atom. The van der Waals surface area contributed by atoms with Crippen molar-refractivity contribution in [2.45, 2.75) is 12.5 Å². The Morgan fingerprint density at radius 2 is 1.71 bits per heavy atom. The van der Waals surface area contributed by atoms with Gasteiger partial charge >= 0.3 is 0 Å². The molecule has 1 N–H and O–H groups in total. The number of para-hydroxylation sites is 1. The van der Waals surface area contributed by atoms with Gasteiger partial charge in [0.25, 0.3) is 0 Å². The number of rotatable bonds is 4. The lowest BCUT2D eigenvalue weighted by Gasteiger charge is -2.28. The fourth-order valence-electron chi connectivity index (χ4n) is 3.33. The molecule has 4 rings (SSSR count). The zero-order chi connectivity index (χ0) is 16.2. The third-order valence-corrected chi connectivity index (χ3v) is 4.63. The summed E-state index contributed by atoms with van der Waals surface area (Å²) in [4.78, 5) is 13.5.